The van der Waals surface area contributed by atoms with E-state index < -0.39 is 9.84 Å². The second kappa shape index (κ2) is 6.90. The minimum atomic E-state index is -3.29. The van der Waals surface area contributed by atoms with E-state index in [1.807, 2.05) is 13.1 Å². The summed E-state index contributed by atoms with van der Waals surface area (Å²) in [7, 11) is -1.44. The first-order valence-corrected chi connectivity index (χ1v) is 9.99. The van der Waals surface area contributed by atoms with E-state index in [9.17, 15) is 8.42 Å². The molecule has 3 rings (SSSR count). The molecule has 0 aliphatic carbocycles. The number of H-pyrrole nitrogens is 1. The molecule has 1 aliphatic heterocycles. The molecule has 8 heteroatoms. The quantitative estimate of drug-likeness (QED) is 0.858. The minimum Gasteiger partial charge on any atom is -0.373 e. The van der Waals surface area contributed by atoms with Gasteiger partial charge in [-0.15, -0.1) is 0 Å². The summed E-state index contributed by atoms with van der Waals surface area (Å²) in [5.41, 5.74) is 1.81. The molecule has 2 N–H and O–H groups in total. The highest BCUT2D eigenvalue weighted by Crippen LogP contribution is 2.34. The molecular formula is C16H23N5O2S. The predicted molar refractivity (Wildman–Crippen MR) is 92.5 cm³/mol. The van der Waals surface area contributed by atoms with E-state index in [1.165, 1.54) is 12.5 Å². The van der Waals surface area contributed by atoms with Crippen molar-refractivity contribution in [2.75, 3.05) is 25.2 Å². The Hall–Kier alpha value is -1.93. The van der Waals surface area contributed by atoms with Gasteiger partial charge in [-0.25, -0.2) is 13.4 Å². The molecule has 1 aliphatic rings. The molecule has 1 atom stereocenters. The normalized spacial score (nSPS) is 19.3. The Morgan fingerprint density at radius 2 is 2.25 bits per heavy atom. The number of rotatable bonds is 5. The SMILES string of the molecule is CNc1ncccc1CN1CCCC[C@@H]1c1[nH]ncc1S(C)(=O)=O. The van der Waals surface area contributed by atoms with Crippen LogP contribution in [0.4, 0.5) is 5.82 Å². The Labute approximate surface area is 142 Å². The van der Waals surface area contributed by atoms with Crippen LogP contribution in [0.3, 0.4) is 0 Å². The van der Waals surface area contributed by atoms with Crippen molar-refractivity contribution < 1.29 is 8.42 Å². The highest BCUT2D eigenvalue weighted by atomic mass is 32.2. The first kappa shape index (κ1) is 16.9. The van der Waals surface area contributed by atoms with E-state index in [2.05, 4.69) is 31.5 Å². The van der Waals surface area contributed by atoms with Crippen molar-refractivity contribution in [1.29, 1.82) is 0 Å². The highest BCUT2D eigenvalue weighted by Gasteiger charge is 2.30. The van der Waals surface area contributed by atoms with E-state index in [4.69, 9.17) is 0 Å². The number of piperidine rings is 1. The summed E-state index contributed by atoms with van der Waals surface area (Å²) in [5, 5.41) is 10.0. The fourth-order valence-corrected chi connectivity index (χ4v) is 4.16. The van der Waals surface area contributed by atoms with Gasteiger partial charge in [-0.1, -0.05) is 12.5 Å². The van der Waals surface area contributed by atoms with E-state index in [1.54, 1.807) is 6.20 Å². The van der Waals surface area contributed by atoms with Gasteiger partial charge in [-0.05, 0) is 25.5 Å². The van der Waals surface area contributed by atoms with Gasteiger partial charge in [0.25, 0.3) is 0 Å². The molecule has 0 unspecified atom stereocenters. The van der Waals surface area contributed by atoms with Gasteiger partial charge >= 0.3 is 0 Å². The van der Waals surface area contributed by atoms with E-state index in [-0.39, 0.29) is 6.04 Å². The Bertz CT molecular complexity index is 802. The van der Waals surface area contributed by atoms with Gasteiger partial charge in [0.15, 0.2) is 9.84 Å². The zero-order valence-electron chi connectivity index (χ0n) is 14.0. The summed E-state index contributed by atoms with van der Waals surface area (Å²) in [6.07, 6.45) is 7.51. The summed E-state index contributed by atoms with van der Waals surface area (Å²) in [5.74, 6) is 0.856. The smallest absolute Gasteiger partial charge is 0.178 e. The van der Waals surface area contributed by atoms with Crippen LogP contribution in [0.2, 0.25) is 0 Å². The molecule has 0 amide bonds. The average molecular weight is 349 g/mol. The van der Waals surface area contributed by atoms with Gasteiger partial charge < -0.3 is 5.32 Å². The van der Waals surface area contributed by atoms with Crippen LogP contribution in [0.5, 0.6) is 0 Å². The third-order valence-corrected chi connectivity index (χ3v) is 5.60. The molecule has 2 aromatic rings. The van der Waals surface area contributed by atoms with Gasteiger partial charge in [0.1, 0.15) is 10.7 Å². The molecule has 24 heavy (non-hydrogen) atoms. The first-order valence-electron chi connectivity index (χ1n) is 8.09. The topological polar surface area (TPSA) is 91.0 Å². The van der Waals surface area contributed by atoms with E-state index in [0.717, 1.165) is 43.7 Å². The number of aromatic nitrogens is 3. The summed E-state index contributed by atoms with van der Waals surface area (Å²) in [6.45, 7) is 1.64. The van der Waals surface area contributed by atoms with Gasteiger partial charge in [-0.2, -0.15) is 5.10 Å². The number of likely N-dealkylation sites (tertiary alicyclic amines) is 1. The number of pyridine rings is 1. The number of nitrogens with one attached hydrogen (secondary N) is 2. The number of hydrogen-bond donors (Lipinski definition) is 2. The number of sulfone groups is 1. The Morgan fingerprint density at radius 3 is 3.00 bits per heavy atom. The van der Waals surface area contributed by atoms with Gasteiger partial charge in [0.05, 0.1) is 17.9 Å². The van der Waals surface area contributed by atoms with Crippen molar-refractivity contribution in [3.63, 3.8) is 0 Å². The van der Waals surface area contributed by atoms with Crippen LogP contribution in [0.1, 0.15) is 36.6 Å². The second-order valence-corrected chi connectivity index (χ2v) is 8.15. The lowest BCUT2D eigenvalue weighted by Crippen LogP contribution is -2.34. The van der Waals surface area contributed by atoms with Crippen molar-refractivity contribution in [2.24, 2.45) is 0 Å². The zero-order valence-corrected chi connectivity index (χ0v) is 14.8. The zero-order chi connectivity index (χ0) is 17.2. The van der Waals surface area contributed by atoms with Crippen molar-refractivity contribution >= 4 is 15.7 Å². The van der Waals surface area contributed by atoms with E-state index in [0.29, 0.717) is 10.6 Å². The first-order chi connectivity index (χ1) is 11.5. The van der Waals surface area contributed by atoms with Crippen LogP contribution in [0.15, 0.2) is 29.4 Å². The van der Waals surface area contributed by atoms with Crippen LogP contribution < -0.4 is 5.32 Å². The monoisotopic (exact) mass is 349 g/mol. The molecular weight excluding hydrogens is 326 g/mol. The summed E-state index contributed by atoms with van der Waals surface area (Å²) in [4.78, 5) is 6.97. The average Bonchev–Trinajstić information content (AvgIpc) is 3.06. The molecule has 0 bridgehead atoms. The molecule has 3 heterocycles. The van der Waals surface area contributed by atoms with Crippen molar-refractivity contribution in [2.45, 2.75) is 36.7 Å². The van der Waals surface area contributed by atoms with Gasteiger partial charge in [0, 0.05) is 31.6 Å². The Kier molecular flexibility index (Phi) is 4.86. The van der Waals surface area contributed by atoms with Gasteiger partial charge in [0.2, 0.25) is 0 Å². The lowest BCUT2D eigenvalue weighted by atomic mass is 9.98. The molecule has 0 saturated carbocycles. The molecule has 0 radical (unpaired) electrons. The molecule has 2 aromatic heterocycles. The predicted octanol–water partition coefficient (Wildman–Crippen LogP) is 1.98. The summed E-state index contributed by atoms with van der Waals surface area (Å²) >= 11 is 0. The third kappa shape index (κ3) is 3.44. The largest absolute Gasteiger partial charge is 0.373 e. The maximum Gasteiger partial charge on any atom is 0.178 e. The molecule has 0 spiro atoms. The highest BCUT2D eigenvalue weighted by molar-refractivity contribution is 7.90. The second-order valence-electron chi connectivity index (χ2n) is 6.16. The molecule has 1 fully saturated rings. The molecule has 130 valence electrons. The lowest BCUT2D eigenvalue weighted by Gasteiger charge is -2.35. The van der Waals surface area contributed by atoms with Crippen molar-refractivity contribution in [3.8, 4) is 0 Å². The number of nitrogens with zero attached hydrogens (tertiary/aromatic N) is 3. The molecule has 0 aromatic carbocycles. The number of hydrogen-bond acceptors (Lipinski definition) is 6. The molecule has 1 saturated heterocycles. The third-order valence-electron chi connectivity index (χ3n) is 4.48. The maximum atomic E-state index is 12.0. The standard InChI is InChI=1S/C16H23N5O2S/c1-17-16-12(6-5-8-18-16)11-21-9-4-3-7-13(21)15-14(10-19-20-15)24(2,22)23/h5-6,8,10,13H,3-4,7,9,11H2,1-2H3,(H,17,18)(H,19,20)/t13-/m1/s1. The van der Waals surface area contributed by atoms with Crippen LogP contribution in [-0.4, -0.2) is 48.3 Å². The fraction of sp³-hybridized carbons (Fsp3) is 0.500. The maximum absolute atomic E-state index is 12.0. The lowest BCUT2D eigenvalue weighted by molar-refractivity contribution is 0.135. The Morgan fingerprint density at radius 1 is 1.42 bits per heavy atom. The Balaban J connectivity index is 1.91. The van der Waals surface area contributed by atoms with E-state index >= 15 is 0 Å². The van der Waals surface area contributed by atoms with Crippen LogP contribution in [0.25, 0.3) is 0 Å². The van der Waals surface area contributed by atoms with Crippen LogP contribution in [-0.2, 0) is 16.4 Å². The van der Waals surface area contributed by atoms with Crippen LogP contribution in [0, 0.1) is 0 Å². The number of aromatic amines is 1. The van der Waals surface area contributed by atoms with Crippen molar-refractivity contribution in [3.05, 3.63) is 35.8 Å². The molecule has 7 nitrogen and oxygen atoms in total. The summed E-state index contributed by atoms with van der Waals surface area (Å²) in [6, 6.07) is 4.00. The van der Waals surface area contributed by atoms with Gasteiger partial charge in [-0.3, -0.25) is 10.00 Å². The van der Waals surface area contributed by atoms with Crippen molar-refractivity contribution in [1.82, 2.24) is 20.1 Å². The summed E-state index contributed by atoms with van der Waals surface area (Å²) < 4.78 is 24.0. The minimum absolute atomic E-state index is 0.0240. The fourth-order valence-electron chi connectivity index (χ4n) is 3.34. The van der Waals surface area contributed by atoms with Crippen LogP contribution >= 0.6 is 0 Å². The number of anilines is 1.